The molecule has 4 heteroatoms. The molecule has 2 saturated carbocycles. The van der Waals surface area contributed by atoms with Crippen LogP contribution in [0.5, 0.6) is 0 Å². The van der Waals surface area contributed by atoms with Gasteiger partial charge in [0, 0.05) is 25.2 Å². The maximum Gasteiger partial charge on any atom is 0.170 e. The van der Waals surface area contributed by atoms with E-state index in [-0.39, 0.29) is 17.7 Å². The van der Waals surface area contributed by atoms with Crippen molar-refractivity contribution in [2.45, 2.75) is 25.3 Å². The zero-order valence-corrected chi connectivity index (χ0v) is 9.47. The standard InChI is InChI=1S/C12H17N3O/c1-15-6-9(5-14-15)12(16)10-7-2-3-8(4-7)11(10)13/h5-8,10-11H,2-4,13H2,1H3. The maximum absolute atomic E-state index is 12.3. The number of nitrogens with zero attached hydrogens (tertiary/aromatic N) is 2. The number of carbonyl (C=O) groups is 1. The molecule has 3 rings (SSSR count). The smallest absolute Gasteiger partial charge is 0.170 e. The van der Waals surface area contributed by atoms with Gasteiger partial charge in [0.25, 0.3) is 0 Å². The Morgan fingerprint density at radius 1 is 1.50 bits per heavy atom. The first-order valence-corrected chi connectivity index (χ1v) is 5.95. The minimum Gasteiger partial charge on any atom is -0.327 e. The summed E-state index contributed by atoms with van der Waals surface area (Å²) in [6.07, 6.45) is 6.98. The lowest BCUT2D eigenvalue weighted by molar-refractivity contribution is 0.0856. The summed E-state index contributed by atoms with van der Waals surface area (Å²) in [6.45, 7) is 0. The van der Waals surface area contributed by atoms with E-state index in [0.717, 1.165) is 12.0 Å². The van der Waals surface area contributed by atoms with Gasteiger partial charge in [0.05, 0.1) is 11.8 Å². The Kier molecular flexibility index (Phi) is 2.14. The molecule has 2 fully saturated rings. The van der Waals surface area contributed by atoms with Crippen LogP contribution >= 0.6 is 0 Å². The maximum atomic E-state index is 12.3. The summed E-state index contributed by atoms with van der Waals surface area (Å²) in [5, 5.41) is 4.05. The largest absolute Gasteiger partial charge is 0.327 e. The van der Waals surface area contributed by atoms with Crippen LogP contribution in [0.15, 0.2) is 12.4 Å². The van der Waals surface area contributed by atoms with Crippen LogP contribution in [0.25, 0.3) is 0 Å². The zero-order valence-electron chi connectivity index (χ0n) is 9.47. The van der Waals surface area contributed by atoms with Gasteiger partial charge in [0.2, 0.25) is 0 Å². The second-order valence-corrected chi connectivity index (χ2v) is 5.20. The van der Waals surface area contributed by atoms with Gasteiger partial charge in [-0.1, -0.05) is 0 Å². The molecule has 0 amide bonds. The van der Waals surface area contributed by atoms with Crippen molar-refractivity contribution in [3.05, 3.63) is 18.0 Å². The Morgan fingerprint density at radius 3 is 2.81 bits per heavy atom. The Balaban J connectivity index is 1.86. The molecule has 0 spiro atoms. The Labute approximate surface area is 94.8 Å². The number of nitrogens with two attached hydrogens (primary N) is 1. The quantitative estimate of drug-likeness (QED) is 0.754. The number of rotatable bonds is 2. The van der Waals surface area contributed by atoms with Crippen LogP contribution in [0, 0.1) is 17.8 Å². The van der Waals surface area contributed by atoms with E-state index >= 15 is 0 Å². The Hall–Kier alpha value is -1.16. The first-order chi connectivity index (χ1) is 7.66. The van der Waals surface area contributed by atoms with Crippen LogP contribution in [0.3, 0.4) is 0 Å². The molecule has 2 N–H and O–H groups in total. The third-order valence-corrected chi connectivity index (χ3v) is 4.27. The van der Waals surface area contributed by atoms with Gasteiger partial charge >= 0.3 is 0 Å². The molecule has 2 aliphatic rings. The van der Waals surface area contributed by atoms with Gasteiger partial charge in [-0.3, -0.25) is 9.48 Å². The highest BCUT2D eigenvalue weighted by Gasteiger charge is 2.49. The second-order valence-electron chi connectivity index (χ2n) is 5.20. The number of aryl methyl sites for hydroxylation is 1. The lowest BCUT2D eigenvalue weighted by Crippen LogP contribution is -2.40. The molecule has 0 radical (unpaired) electrons. The summed E-state index contributed by atoms with van der Waals surface area (Å²) in [5.74, 6) is 1.35. The van der Waals surface area contributed by atoms with Crippen molar-refractivity contribution in [2.24, 2.45) is 30.5 Å². The van der Waals surface area contributed by atoms with Crippen molar-refractivity contribution >= 4 is 5.78 Å². The first kappa shape index (κ1) is 10.0. The van der Waals surface area contributed by atoms with Crippen molar-refractivity contribution in [2.75, 3.05) is 0 Å². The van der Waals surface area contributed by atoms with Crippen LogP contribution < -0.4 is 5.73 Å². The molecule has 86 valence electrons. The fraction of sp³-hybridized carbons (Fsp3) is 0.667. The summed E-state index contributed by atoms with van der Waals surface area (Å²) in [4.78, 5) is 12.3. The van der Waals surface area contributed by atoms with Crippen molar-refractivity contribution in [3.63, 3.8) is 0 Å². The second kappa shape index (κ2) is 3.42. The van der Waals surface area contributed by atoms with Gasteiger partial charge in [0.1, 0.15) is 0 Å². The number of hydrogen-bond acceptors (Lipinski definition) is 3. The molecule has 0 saturated heterocycles. The van der Waals surface area contributed by atoms with Gasteiger partial charge in [-0.05, 0) is 31.1 Å². The minimum absolute atomic E-state index is 0.0444. The normalized spacial score (nSPS) is 36.9. The average molecular weight is 219 g/mol. The Bertz CT molecular complexity index is 424. The van der Waals surface area contributed by atoms with Crippen molar-refractivity contribution < 1.29 is 4.79 Å². The number of Topliss-reactive ketones (excluding diaryl/α,β-unsaturated/α-hetero) is 1. The SMILES string of the molecule is Cn1cc(C(=O)C2C3CCC(C3)C2N)cn1. The van der Waals surface area contributed by atoms with E-state index in [1.54, 1.807) is 17.1 Å². The molecule has 2 aliphatic carbocycles. The first-order valence-electron chi connectivity index (χ1n) is 5.95. The highest BCUT2D eigenvalue weighted by molar-refractivity contribution is 5.98. The average Bonchev–Trinajstić information content (AvgIpc) is 2.92. The summed E-state index contributed by atoms with van der Waals surface area (Å²) >= 11 is 0. The van der Waals surface area contributed by atoms with Gasteiger partial charge in [-0.15, -0.1) is 0 Å². The molecule has 4 atom stereocenters. The van der Waals surface area contributed by atoms with E-state index in [0.29, 0.717) is 11.8 Å². The number of carbonyl (C=O) groups excluding carboxylic acids is 1. The van der Waals surface area contributed by atoms with E-state index < -0.39 is 0 Å². The van der Waals surface area contributed by atoms with E-state index in [2.05, 4.69) is 5.10 Å². The zero-order chi connectivity index (χ0) is 11.3. The van der Waals surface area contributed by atoms with Gasteiger partial charge < -0.3 is 5.73 Å². The van der Waals surface area contributed by atoms with Crippen molar-refractivity contribution in [1.82, 2.24) is 9.78 Å². The lowest BCUT2D eigenvalue weighted by atomic mass is 9.80. The number of hydrogen-bond donors (Lipinski definition) is 1. The van der Waals surface area contributed by atoms with Gasteiger partial charge in [-0.2, -0.15) is 5.10 Å². The molecular weight excluding hydrogens is 202 g/mol. The molecular formula is C12H17N3O. The van der Waals surface area contributed by atoms with Crippen LogP contribution in [-0.4, -0.2) is 21.6 Å². The molecule has 4 unspecified atom stereocenters. The van der Waals surface area contributed by atoms with Gasteiger partial charge in [-0.25, -0.2) is 0 Å². The van der Waals surface area contributed by atoms with E-state index in [4.69, 9.17) is 5.73 Å². The lowest BCUT2D eigenvalue weighted by Gasteiger charge is -2.26. The van der Waals surface area contributed by atoms with E-state index in [1.807, 2.05) is 7.05 Å². The molecule has 16 heavy (non-hydrogen) atoms. The highest BCUT2D eigenvalue weighted by Crippen LogP contribution is 2.48. The molecule has 0 aliphatic heterocycles. The fourth-order valence-corrected chi connectivity index (χ4v) is 3.47. The summed E-state index contributed by atoms with van der Waals surface area (Å²) in [7, 11) is 1.83. The van der Waals surface area contributed by atoms with Crippen LogP contribution in [0.1, 0.15) is 29.6 Å². The summed E-state index contributed by atoms with van der Waals surface area (Å²) < 4.78 is 1.67. The van der Waals surface area contributed by atoms with Crippen LogP contribution in [0.2, 0.25) is 0 Å². The minimum atomic E-state index is 0.0444. The Morgan fingerprint density at radius 2 is 2.25 bits per heavy atom. The summed E-state index contributed by atoms with van der Waals surface area (Å²) in [6, 6.07) is 0.0754. The predicted octanol–water partition coefficient (Wildman–Crippen LogP) is 0.976. The fourth-order valence-electron chi connectivity index (χ4n) is 3.47. The van der Waals surface area contributed by atoms with Crippen LogP contribution in [0.4, 0.5) is 0 Å². The molecule has 0 aromatic carbocycles. The molecule has 1 heterocycles. The highest BCUT2D eigenvalue weighted by atomic mass is 16.1. The summed E-state index contributed by atoms with van der Waals surface area (Å²) in [5.41, 5.74) is 6.88. The third-order valence-electron chi connectivity index (χ3n) is 4.27. The molecule has 1 aromatic heterocycles. The molecule has 1 aromatic rings. The monoisotopic (exact) mass is 219 g/mol. The molecule has 2 bridgehead atoms. The van der Waals surface area contributed by atoms with E-state index in [9.17, 15) is 4.79 Å². The number of ketones is 1. The van der Waals surface area contributed by atoms with E-state index in [1.165, 1.54) is 12.8 Å². The van der Waals surface area contributed by atoms with Gasteiger partial charge in [0.15, 0.2) is 5.78 Å². The van der Waals surface area contributed by atoms with Crippen LogP contribution in [-0.2, 0) is 7.05 Å². The van der Waals surface area contributed by atoms with Crippen molar-refractivity contribution in [3.8, 4) is 0 Å². The number of fused-ring (bicyclic) bond motifs is 2. The number of aromatic nitrogens is 2. The van der Waals surface area contributed by atoms with Crippen molar-refractivity contribution in [1.29, 1.82) is 0 Å². The predicted molar refractivity (Wildman–Crippen MR) is 59.8 cm³/mol. The third kappa shape index (κ3) is 1.33. The topological polar surface area (TPSA) is 60.9 Å². The molecule has 4 nitrogen and oxygen atoms in total.